The van der Waals surface area contributed by atoms with Gasteiger partial charge in [0.1, 0.15) is 12.1 Å². The van der Waals surface area contributed by atoms with E-state index in [2.05, 4.69) is 15.4 Å². The van der Waals surface area contributed by atoms with E-state index in [-0.39, 0.29) is 43.6 Å². The van der Waals surface area contributed by atoms with Crippen LogP contribution in [-0.4, -0.2) is 38.4 Å². The molecule has 1 aromatic carbocycles. The summed E-state index contributed by atoms with van der Waals surface area (Å²) < 4.78 is 20.6. The van der Waals surface area contributed by atoms with Gasteiger partial charge in [-0.05, 0) is 35.9 Å². The first-order valence-electron chi connectivity index (χ1n) is 8.76. The fourth-order valence-electron chi connectivity index (χ4n) is 2.99. The number of fused-ring (bicyclic) bond motifs is 1. The van der Waals surface area contributed by atoms with Crippen molar-refractivity contribution in [2.75, 3.05) is 18.5 Å². The summed E-state index contributed by atoms with van der Waals surface area (Å²) in [4.78, 5) is 28.8. The highest BCUT2D eigenvalue weighted by Gasteiger charge is 2.19. The summed E-state index contributed by atoms with van der Waals surface area (Å²) in [5, 5.41) is 6.79. The molecule has 1 amide bonds. The van der Waals surface area contributed by atoms with E-state index in [0.29, 0.717) is 34.7 Å². The van der Waals surface area contributed by atoms with Crippen LogP contribution in [0, 0.1) is 0 Å². The van der Waals surface area contributed by atoms with Crippen molar-refractivity contribution in [2.45, 2.75) is 6.54 Å². The van der Waals surface area contributed by atoms with Crippen LogP contribution in [-0.2, 0) is 11.3 Å². The van der Waals surface area contributed by atoms with E-state index < -0.39 is 5.69 Å². The highest BCUT2D eigenvalue weighted by Crippen LogP contribution is 2.33. The Balaban J connectivity index is 0.00000256. The minimum absolute atomic E-state index is 0. The van der Waals surface area contributed by atoms with Crippen molar-refractivity contribution in [3.05, 3.63) is 65.2 Å². The number of hydrogen-bond donors (Lipinski definition) is 2. The molecule has 0 saturated heterocycles. The number of carbonyl (C=O) groups is 1. The predicted molar refractivity (Wildman–Crippen MR) is 111 cm³/mol. The number of nitrogens with two attached hydrogens (primary N) is 1. The number of carbonyl (C=O) groups excluding carboxylic acids is 1. The van der Waals surface area contributed by atoms with E-state index in [4.69, 9.17) is 10.5 Å². The summed E-state index contributed by atoms with van der Waals surface area (Å²) in [5.41, 5.74) is 7.45. The Labute approximate surface area is 176 Å². The van der Waals surface area contributed by atoms with Gasteiger partial charge in [-0.25, -0.2) is 18.4 Å². The molecule has 0 aliphatic carbocycles. The van der Waals surface area contributed by atoms with Crippen LogP contribution in [0.2, 0.25) is 0 Å². The second-order valence-electron chi connectivity index (χ2n) is 6.33. The van der Waals surface area contributed by atoms with Crippen LogP contribution in [0.3, 0.4) is 0 Å². The number of nitrogens with zero attached hydrogens (tertiary/aromatic N) is 4. The lowest BCUT2D eigenvalue weighted by Crippen LogP contribution is -2.26. The van der Waals surface area contributed by atoms with Gasteiger partial charge in [0.05, 0.1) is 29.9 Å². The third kappa shape index (κ3) is 3.95. The molecule has 0 atom stereocenters. The van der Waals surface area contributed by atoms with Crippen molar-refractivity contribution in [2.24, 2.45) is 5.73 Å². The van der Waals surface area contributed by atoms with E-state index in [1.54, 1.807) is 36.5 Å². The van der Waals surface area contributed by atoms with Crippen LogP contribution in [0.1, 0.15) is 0 Å². The van der Waals surface area contributed by atoms with Gasteiger partial charge in [-0.2, -0.15) is 5.10 Å². The lowest BCUT2D eigenvalue weighted by molar-refractivity contribution is -0.118. The van der Waals surface area contributed by atoms with Gasteiger partial charge in [0.2, 0.25) is 0 Å². The molecule has 0 saturated carbocycles. The van der Waals surface area contributed by atoms with Crippen LogP contribution in [0.25, 0.3) is 16.9 Å². The lowest BCUT2D eigenvalue weighted by atomic mass is 10.1. The summed E-state index contributed by atoms with van der Waals surface area (Å²) in [7, 11) is 0. The van der Waals surface area contributed by atoms with Crippen molar-refractivity contribution < 1.29 is 13.9 Å². The zero-order valence-electron chi connectivity index (χ0n) is 15.6. The second-order valence-corrected chi connectivity index (χ2v) is 6.33. The number of benzene rings is 1. The standard InChI is InChI=1S/C19H17FN6O3.ClH/c20-7-12(8-21)9-26-19(28)25(11-23-26)15-2-1-5-22-18(15)13-3-4-16-14(6-13)24-17(27)10-29-16;/h1-7,11H,8-10,21H2,(H,24,27);1H/b12-7+;. The van der Waals surface area contributed by atoms with Gasteiger partial charge in [-0.3, -0.25) is 9.78 Å². The number of pyridine rings is 1. The molecular weight excluding hydrogens is 415 g/mol. The summed E-state index contributed by atoms with van der Waals surface area (Å²) in [6.45, 7) is -0.0959. The number of rotatable bonds is 5. The minimum atomic E-state index is -0.457. The fraction of sp³-hybridized carbons (Fsp3) is 0.158. The summed E-state index contributed by atoms with van der Waals surface area (Å²) in [5.74, 6) is 0.313. The number of ether oxygens (including phenoxy) is 1. The van der Waals surface area contributed by atoms with Gasteiger partial charge in [-0.1, -0.05) is 0 Å². The molecule has 0 radical (unpaired) electrons. The Morgan fingerprint density at radius 2 is 2.17 bits per heavy atom. The maximum atomic E-state index is 12.8. The monoisotopic (exact) mass is 432 g/mol. The molecule has 30 heavy (non-hydrogen) atoms. The van der Waals surface area contributed by atoms with Crippen molar-refractivity contribution in [3.8, 4) is 22.7 Å². The van der Waals surface area contributed by atoms with Crippen molar-refractivity contribution in [1.29, 1.82) is 0 Å². The summed E-state index contributed by atoms with van der Waals surface area (Å²) in [6.07, 6.45) is 3.32. The Bertz CT molecular complexity index is 1170. The average molecular weight is 433 g/mol. The Morgan fingerprint density at radius 3 is 2.93 bits per heavy atom. The van der Waals surface area contributed by atoms with E-state index >= 15 is 0 Å². The fourth-order valence-corrected chi connectivity index (χ4v) is 2.99. The molecule has 0 bridgehead atoms. The number of anilines is 1. The number of halogens is 2. The van der Waals surface area contributed by atoms with Gasteiger partial charge in [-0.15, -0.1) is 12.4 Å². The molecular formula is C19H18ClFN6O3. The quantitative estimate of drug-likeness (QED) is 0.633. The van der Waals surface area contributed by atoms with Gasteiger partial charge >= 0.3 is 5.69 Å². The Kier molecular flexibility index (Phi) is 6.28. The molecule has 1 aliphatic rings. The first kappa shape index (κ1) is 21.2. The summed E-state index contributed by atoms with van der Waals surface area (Å²) >= 11 is 0. The van der Waals surface area contributed by atoms with Crippen molar-refractivity contribution in [1.82, 2.24) is 19.3 Å². The average Bonchev–Trinajstić information content (AvgIpc) is 3.11. The van der Waals surface area contributed by atoms with Gasteiger partial charge in [0, 0.05) is 18.3 Å². The molecule has 9 nitrogen and oxygen atoms in total. The first-order chi connectivity index (χ1) is 14.1. The van der Waals surface area contributed by atoms with Crippen molar-refractivity contribution in [3.63, 3.8) is 0 Å². The highest BCUT2D eigenvalue weighted by molar-refractivity contribution is 5.96. The first-order valence-corrected chi connectivity index (χ1v) is 8.76. The Morgan fingerprint density at radius 1 is 1.33 bits per heavy atom. The molecule has 3 heterocycles. The SMILES string of the molecule is Cl.NC/C(=C\F)Cn1ncn(-c2cccnc2-c2ccc3c(c2)NC(=O)CO3)c1=O. The number of nitrogens with one attached hydrogen (secondary N) is 1. The predicted octanol–water partition coefficient (Wildman–Crippen LogP) is 1.66. The second kappa shape index (κ2) is 8.89. The van der Waals surface area contributed by atoms with E-state index in [9.17, 15) is 14.0 Å². The van der Waals surface area contributed by atoms with Crippen LogP contribution in [0.15, 0.2) is 59.6 Å². The van der Waals surface area contributed by atoms with E-state index in [0.717, 1.165) is 4.68 Å². The normalized spacial score (nSPS) is 13.1. The lowest BCUT2D eigenvalue weighted by Gasteiger charge is -2.19. The third-order valence-electron chi connectivity index (χ3n) is 4.43. The number of aromatic nitrogens is 4. The van der Waals surface area contributed by atoms with Crippen LogP contribution in [0.4, 0.5) is 10.1 Å². The third-order valence-corrected chi connectivity index (χ3v) is 4.43. The molecule has 2 aromatic heterocycles. The van der Waals surface area contributed by atoms with Gasteiger partial charge in [0.25, 0.3) is 5.91 Å². The van der Waals surface area contributed by atoms with Crippen molar-refractivity contribution >= 4 is 24.0 Å². The topological polar surface area (TPSA) is 117 Å². The molecule has 0 unspecified atom stereocenters. The highest BCUT2D eigenvalue weighted by atomic mass is 35.5. The Hall–Kier alpha value is -3.50. The smallest absolute Gasteiger partial charge is 0.350 e. The van der Waals surface area contributed by atoms with Gasteiger partial charge in [0.15, 0.2) is 6.61 Å². The molecule has 0 spiro atoms. The molecule has 4 rings (SSSR count). The van der Waals surface area contributed by atoms with Gasteiger partial charge < -0.3 is 15.8 Å². The summed E-state index contributed by atoms with van der Waals surface area (Å²) in [6, 6.07) is 8.66. The number of amides is 1. The van der Waals surface area contributed by atoms with Crippen LogP contribution < -0.4 is 21.5 Å². The maximum absolute atomic E-state index is 12.8. The maximum Gasteiger partial charge on any atom is 0.350 e. The largest absolute Gasteiger partial charge is 0.482 e. The molecule has 1 aliphatic heterocycles. The number of hydrogen-bond acceptors (Lipinski definition) is 6. The zero-order valence-corrected chi connectivity index (χ0v) is 16.4. The minimum Gasteiger partial charge on any atom is -0.482 e. The van der Waals surface area contributed by atoms with Crippen LogP contribution >= 0.6 is 12.4 Å². The zero-order chi connectivity index (χ0) is 20.4. The molecule has 0 fully saturated rings. The van der Waals surface area contributed by atoms with E-state index in [1.165, 1.54) is 10.9 Å². The molecule has 156 valence electrons. The van der Waals surface area contributed by atoms with Crippen LogP contribution in [0.5, 0.6) is 5.75 Å². The molecule has 3 aromatic rings. The molecule has 3 N–H and O–H groups in total. The molecule has 11 heteroatoms. The van der Waals surface area contributed by atoms with E-state index in [1.807, 2.05) is 0 Å².